The second-order valence-electron chi connectivity index (χ2n) is 7.77. The molecule has 1 heterocycles. The number of carboxylic acid groups (broad SMARTS) is 1. The maximum absolute atomic E-state index is 11.0. The summed E-state index contributed by atoms with van der Waals surface area (Å²) in [6.07, 6.45) is 11.4. The molecule has 1 rings (SSSR count). The van der Waals surface area contributed by atoms with Crippen LogP contribution in [0.2, 0.25) is 0 Å². The van der Waals surface area contributed by atoms with E-state index in [0.717, 1.165) is 44.9 Å². The quantitative estimate of drug-likeness (QED) is 0.378. The Morgan fingerprint density at radius 2 is 2.04 bits per heavy atom. The highest BCUT2D eigenvalue weighted by molar-refractivity contribution is 5.67. The average Bonchev–Trinajstić information content (AvgIpc) is 2.59. The summed E-state index contributed by atoms with van der Waals surface area (Å²) in [5, 5.41) is 9.07. The van der Waals surface area contributed by atoms with Crippen molar-refractivity contribution in [2.45, 2.75) is 97.7 Å². The van der Waals surface area contributed by atoms with Gasteiger partial charge in [0.2, 0.25) is 0 Å². The molecule has 0 aliphatic carbocycles. The van der Waals surface area contributed by atoms with Gasteiger partial charge in [0.15, 0.2) is 0 Å². The van der Waals surface area contributed by atoms with Gasteiger partial charge in [0.1, 0.15) is 11.7 Å². The number of carbonyl (C=O) groups is 1. The highest BCUT2D eigenvalue weighted by Gasteiger charge is 2.43. The zero-order valence-corrected chi connectivity index (χ0v) is 16.8. The molecule has 4 heteroatoms. The molecule has 5 unspecified atom stereocenters. The van der Waals surface area contributed by atoms with Gasteiger partial charge in [0.05, 0.1) is 6.42 Å². The van der Waals surface area contributed by atoms with E-state index in [0.29, 0.717) is 11.8 Å². The lowest BCUT2D eigenvalue weighted by Crippen LogP contribution is -2.46. The van der Waals surface area contributed by atoms with E-state index in [-0.39, 0.29) is 24.0 Å². The highest BCUT2D eigenvalue weighted by Crippen LogP contribution is 2.41. The molecule has 0 aromatic carbocycles. The van der Waals surface area contributed by atoms with E-state index in [2.05, 4.69) is 46.8 Å². The summed E-state index contributed by atoms with van der Waals surface area (Å²) in [7, 11) is 0. The van der Waals surface area contributed by atoms with Crippen LogP contribution in [-0.4, -0.2) is 22.8 Å². The Balaban J connectivity index is 2.70. The van der Waals surface area contributed by atoms with E-state index < -0.39 is 5.97 Å². The topological polar surface area (TPSA) is 55.8 Å². The van der Waals surface area contributed by atoms with Crippen molar-refractivity contribution < 1.29 is 19.7 Å². The molecule has 25 heavy (non-hydrogen) atoms. The van der Waals surface area contributed by atoms with E-state index in [1.54, 1.807) is 0 Å². The molecule has 0 bridgehead atoms. The first-order valence-corrected chi connectivity index (χ1v) is 10.1. The fourth-order valence-corrected chi connectivity index (χ4v) is 4.08. The minimum absolute atomic E-state index is 0.0214. The molecule has 1 N–H and O–H groups in total. The lowest BCUT2D eigenvalue weighted by molar-refractivity contribution is -0.424. The maximum Gasteiger partial charge on any atom is 0.306 e. The summed E-state index contributed by atoms with van der Waals surface area (Å²) in [5.74, 6) is 0.593. The van der Waals surface area contributed by atoms with E-state index in [4.69, 9.17) is 14.9 Å². The Labute approximate surface area is 153 Å². The molecule has 0 amide bonds. The first-order valence-electron chi connectivity index (χ1n) is 10.1. The van der Waals surface area contributed by atoms with Crippen molar-refractivity contribution in [3.8, 4) is 0 Å². The smallest absolute Gasteiger partial charge is 0.306 e. The Bertz CT molecular complexity index is 420. The van der Waals surface area contributed by atoms with E-state index >= 15 is 0 Å². The Kier molecular flexibility index (Phi) is 9.73. The van der Waals surface area contributed by atoms with Crippen LogP contribution in [0.1, 0.15) is 86.0 Å². The van der Waals surface area contributed by atoms with Crippen LogP contribution in [-0.2, 0) is 14.6 Å². The van der Waals surface area contributed by atoms with Crippen LogP contribution < -0.4 is 0 Å². The van der Waals surface area contributed by atoms with Gasteiger partial charge in [0, 0.05) is 0 Å². The van der Waals surface area contributed by atoms with Crippen molar-refractivity contribution in [2.24, 2.45) is 17.8 Å². The largest absolute Gasteiger partial charge is 0.481 e. The van der Waals surface area contributed by atoms with Crippen molar-refractivity contribution in [3.05, 3.63) is 12.2 Å². The van der Waals surface area contributed by atoms with Crippen LogP contribution in [0.4, 0.5) is 0 Å². The molecule has 0 aromatic heterocycles. The zero-order valence-electron chi connectivity index (χ0n) is 16.8. The van der Waals surface area contributed by atoms with Gasteiger partial charge in [-0.2, -0.15) is 0 Å². The fraction of sp³-hybridized carbons (Fsp3) is 0.857. The molecule has 1 saturated heterocycles. The van der Waals surface area contributed by atoms with Crippen molar-refractivity contribution >= 4 is 5.97 Å². The van der Waals surface area contributed by atoms with E-state index in [1.807, 2.05) is 0 Å². The second-order valence-corrected chi connectivity index (χ2v) is 7.77. The van der Waals surface area contributed by atoms with Gasteiger partial charge in [-0.3, -0.25) is 4.79 Å². The third-order valence-corrected chi connectivity index (χ3v) is 5.65. The predicted octanol–water partition coefficient (Wildman–Crippen LogP) is 5.77. The van der Waals surface area contributed by atoms with Gasteiger partial charge in [-0.1, -0.05) is 53.2 Å². The van der Waals surface area contributed by atoms with Crippen molar-refractivity contribution in [1.29, 1.82) is 0 Å². The summed E-state index contributed by atoms with van der Waals surface area (Å²) in [4.78, 5) is 22.5. The van der Waals surface area contributed by atoms with Crippen LogP contribution in [0.3, 0.4) is 0 Å². The lowest BCUT2D eigenvalue weighted by atomic mass is 9.76. The number of allylic oxidation sites excluding steroid dienone is 2. The molecule has 1 aliphatic heterocycles. The summed E-state index contributed by atoms with van der Waals surface area (Å²) < 4.78 is 0. The number of rotatable bonds is 11. The van der Waals surface area contributed by atoms with Crippen LogP contribution in [0.25, 0.3) is 0 Å². The number of carboxylic acids is 1. The van der Waals surface area contributed by atoms with Crippen LogP contribution in [0.15, 0.2) is 12.2 Å². The summed E-state index contributed by atoms with van der Waals surface area (Å²) in [5.41, 5.74) is -0.276. The van der Waals surface area contributed by atoms with E-state index in [1.165, 1.54) is 0 Å². The Hall–Kier alpha value is -0.870. The van der Waals surface area contributed by atoms with Crippen LogP contribution >= 0.6 is 0 Å². The van der Waals surface area contributed by atoms with Gasteiger partial charge < -0.3 is 5.11 Å². The molecule has 1 fully saturated rings. The monoisotopic (exact) mass is 354 g/mol. The summed E-state index contributed by atoms with van der Waals surface area (Å²) >= 11 is 0. The number of hydrogen-bond donors (Lipinski definition) is 1. The Morgan fingerprint density at radius 3 is 2.56 bits per heavy atom. The maximum atomic E-state index is 11.0. The standard InChI is InChI=1S/C21H38O4/c1-6-10-11-17(7-2)12-16(5)14-21(9-4)15-18(8-3)19(24-25-21)13-20(22)23/h10-11,16-19H,6-9,12-15H2,1-5H3,(H,22,23). The lowest BCUT2D eigenvalue weighted by Gasteiger charge is -2.43. The van der Waals surface area contributed by atoms with Gasteiger partial charge in [-0.15, -0.1) is 0 Å². The van der Waals surface area contributed by atoms with Gasteiger partial charge in [0.25, 0.3) is 0 Å². The van der Waals surface area contributed by atoms with Gasteiger partial charge >= 0.3 is 5.97 Å². The van der Waals surface area contributed by atoms with E-state index in [9.17, 15) is 4.79 Å². The molecule has 0 radical (unpaired) electrons. The normalized spacial score (nSPS) is 29.6. The van der Waals surface area contributed by atoms with Crippen molar-refractivity contribution in [2.75, 3.05) is 0 Å². The average molecular weight is 355 g/mol. The minimum atomic E-state index is -0.821. The van der Waals surface area contributed by atoms with Gasteiger partial charge in [-0.25, -0.2) is 9.78 Å². The molecule has 5 atom stereocenters. The molecule has 1 aliphatic rings. The minimum Gasteiger partial charge on any atom is -0.481 e. The first kappa shape index (κ1) is 22.2. The predicted molar refractivity (Wildman–Crippen MR) is 101 cm³/mol. The molecular formula is C21H38O4. The molecule has 4 nitrogen and oxygen atoms in total. The third-order valence-electron chi connectivity index (χ3n) is 5.65. The zero-order chi connectivity index (χ0) is 18.9. The highest BCUT2D eigenvalue weighted by atomic mass is 17.2. The fourth-order valence-electron chi connectivity index (χ4n) is 4.08. The number of hydrogen-bond acceptors (Lipinski definition) is 3. The molecule has 0 saturated carbocycles. The van der Waals surface area contributed by atoms with Crippen LogP contribution in [0, 0.1) is 17.8 Å². The summed E-state index contributed by atoms with van der Waals surface area (Å²) in [6.45, 7) is 11.0. The molecular weight excluding hydrogens is 316 g/mol. The Morgan fingerprint density at radius 1 is 1.32 bits per heavy atom. The second kappa shape index (κ2) is 11.0. The molecule has 0 aromatic rings. The third kappa shape index (κ3) is 7.10. The van der Waals surface area contributed by atoms with Crippen molar-refractivity contribution in [3.63, 3.8) is 0 Å². The molecule has 146 valence electrons. The van der Waals surface area contributed by atoms with Crippen LogP contribution in [0.5, 0.6) is 0 Å². The number of aliphatic carboxylic acids is 1. The summed E-state index contributed by atoms with van der Waals surface area (Å²) in [6, 6.07) is 0. The SMILES string of the molecule is CCC=CC(CC)CC(C)CC1(CC)CC(CC)C(CC(=O)O)OO1. The first-order chi connectivity index (χ1) is 11.9. The van der Waals surface area contributed by atoms with Crippen molar-refractivity contribution in [1.82, 2.24) is 0 Å². The van der Waals surface area contributed by atoms with Gasteiger partial charge in [-0.05, 0) is 56.3 Å². The molecule has 0 spiro atoms.